The second-order valence-corrected chi connectivity index (χ2v) is 8.97. The van der Waals surface area contributed by atoms with E-state index in [0.29, 0.717) is 17.8 Å². The zero-order chi connectivity index (χ0) is 21.6. The van der Waals surface area contributed by atoms with E-state index < -0.39 is 12.1 Å². The maximum Gasteiger partial charge on any atom is 0.490 e. The minimum absolute atomic E-state index is 0.0514. The number of alkyl halides is 3. The van der Waals surface area contributed by atoms with Crippen LogP contribution in [0.25, 0.3) is 0 Å². The van der Waals surface area contributed by atoms with Gasteiger partial charge in [0.05, 0.1) is 6.61 Å². The second-order valence-electron chi connectivity index (χ2n) is 8.97. The second kappa shape index (κ2) is 10.5. The van der Waals surface area contributed by atoms with E-state index in [1.807, 2.05) is 0 Å². The molecule has 2 aliphatic rings. The number of allylic oxidation sites excluding steroid dienone is 2. The van der Waals surface area contributed by atoms with Gasteiger partial charge in [-0.05, 0) is 92.6 Å². The number of hydrogen-bond donors (Lipinski definition) is 0. The number of carbonyl (C=O) groups excluding carboxylic acids is 1. The predicted molar refractivity (Wildman–Crippen MR) is 112 cm³/mol. The monoisotopic (exact) mass is 422 g/mol. The summed E-state index contributed by atoms with van der Waals surface area (Å²) in [6, 6.07) is 9.09. The number of ether oxygens (including phenoxy) is 1. The van der Waals surface area contributed by atoms with E-state index in [1.54, 1.807) is 0 Å². The van der Waals surface area contributed by atoms with E-state index in [0.717, 1.165) is 32.1 Å². The summed E-state index contributed by atoms with van der Waals surface area (Å²) < 4.78 is 41.0. The van der Waals surface area contributed by atoms with Crippen molar-refractivity contribution in [3.63, 3.8) is 0 Å². The number of rotatable bonds is 6. The van der Waals surface area contributed by atoms with Gasteiger partial charge in [0.2, 0.25) is 0 Å². The number of halogens is 3. The van der Waals surface area contributed by atoms with Crippen molar-refractivity contribution < 1.29 is 22.7 Å². The molecule has 0 spiro atoms. The van der Waals surface area contributed by atoms with E-state index in [4.69, 9.17) is 0 Å². The molecule has 0 aromatic heterocycles. The molecular weight excluding hydrogens is 389 g/mol. The Morgan fingerprint density at radius 2 is 1.47 bits per heavy atom. The van der Waals surface area contributed by atoms with Gasteiger partial charge in [0.1, 0.15) is 0 Å². The van der Waals surface area contributed by atoms with Crippen molar-refractivity contribution in [2.75, 3.05) is 6.61 Å². The highest BCUT2D eigenvalue weighted by molar-refractivity contribution is 5.75. The average Bonchev–Trinajstić information content (AvgIpc) is 2.76. The minimum Gasteiger partial charge on any atom is -0.459 e. The van der Waals surface area contributed by atoms with Gasteiger partial charge in [-0.15, -0.1) is 0 Å². The van der Waals surface area contributed by atoms with Crippen LogP contribution >= 0.6 is 0 Å². The van der Waals surface area contributed by atoms with E-state index in [-0.39, 0.29) is 12.5 Å². The highest BCUT2D eigenvalue weighted by atomic mass is 19.4. The van der Waals surface area contributed by atoms with Crippen LogP contribution in [0.2, 0.25) is 0 Å². The van der Waals surface area contributed by atoms with E-state index >= 15 is 0 Å². The van der Waals surface area contributed by atoms with Crippen molar-refractivity contribution >= 4 is 5.97 Å². The van der Waals surface area contributed by atoms with E-state index in [9.17, 15) is 18.0 Å². The Morgan fingerprint density at radius 3 is 1.97 bits per heavy atom. The molecule has 30 heavy (non-hydrogen) atoms. The third-order valence-corrected chi connectivity index (χ3v) is 6.86. The number of esters is 1. The molecule has 0 heterocycles. The Morgan fingerprint density at radius 1 is 0.933 bits per heavy atom. The molecule has 2 saturated carbocycles. The van der Waals surface area contributed by atoms with Crippen LogP contribution in [0.3, 0.4) is 0 Å². The first-order valence-electron chi connectivity index (χ1n) is 11.4. The topological polar surface area (TPSA) is 26.3 Å². The molecule has 0 saturated heterocycles. The first-order chi connectivity index (χ1) is 14.3. The fourth-order valence-corrected chi connectivity index (χ4v) is 4.81. The Bertz CT molecular complexity index is 692. The lowest BCUT2D eigenvalue weighted by molar-refractivity contribution is -0.201. The Balaban J connectivity index is 1.36. The first-order valence-corrected chi connectivity index (χ1v) is 11.4. The summed E-state index contributed by atoms with van der Waals surface area (Å²) in [7, 11) is 0. The van der Waals surface area contributed by atoms with Gasteiger partial charge in [0.25, 0.3) is 0 Å². The summed E-state index contributed by atoms with van der Waals surface area (Å²) >= 11 is 0. The van der Waals surface area contributed by atoms with Crippen LogP contribution in [0.15, 0.2) is 36.4 Å². The van der Waals surface area contributed by atoms with Gasteiger partial charge < -0.3 is 4.74 Å². The van der Waals surface area contributed by atoms with Gasteiger partial charge in [-0.1, -0.05) is 43.3 Å². The van der Waals surface area contributed by atoms with Crippen LogP contribution in [0.5, 0.6) is 0 Å². The van der Waals surface area contributed by atoms with Crippen LogP contribution in [0.4, 0.5) is 13.2 Å². The normalized spacial score (nSPS) is 27.9. The Hall–Kier alpha value is -1.78. The van der Waals surface area contributed by atoms with Crippen molar-refractivity contribution in [3.05, 3.63) is 47.5 Å². The molecule has 0 aliphatic heterocycles. The lowest BCUT2D eigenvalue weighted by Crippen LogP contribution is -2.28. The third-order valence-electron chi connectivity index (χ3n) is 6.86. The fraction of sp³-hybridized carbons (Fsp3) is 0.640. The summed E-state index contributed by atoms with van der Waals surface area (Å²) in [5.74, 6) is -0.201. The van der Waals surface area contributed by atoms with Gasteiger partial charge in [-0.3, -0.25) is 0 Å². The molecule has 166 valence electrons. The summed E-state index contributed by atoms with van der Waals surface area (Å²) in [6.45, 7) is 2.07. The average molecular weight is 423 g/mol. The SMILES string of the molecule is CCc1ccc(C2CCC(/C=C/C3CCC(COC(=O)C(F)(F)F)CC3)CC2)cc1. The zero-order valence-corrected chi connectivity index (χ0v) is 17.8. The molecule has 5 heteroatoms. The van der Waals surface area contributed by atoms with Gasteiger partial charge in [0.15, 0.2) is 0 Å². The van der Waals surface area contributed by atoms with Gasteiger partial charge >= 0.3 is 12.1 Å². The maximum atomic E-state index is 12.2. The minimum atomic E-state index is -4.89. The van der Waals surface area contributed by atoms with E-state index in [1.165, 1.54) is 36.8 Å². The predicted octanol–water partition coefficient (Wildman–Crippen LogP) is 6.99. The van der Waals surface area contributed by atoms with E-state index in [2.05, 4.69) is 48.1 Å². The molecule has 2 nitrogen and oxygen atoms in total. The number of aryl methyl sites for hydroxylation is 1. The molecule has 0 amide bonds. The van der Waals surface area contributed by atoms with Crippen molar-refractivity contribution in [3.8, 4) is 0 Å². The molecule has 3 rings (SSSR count). The standard InChI is InChI=1S/C25H33F3O2/c1-2-18-9-13-22(14-10-18)23-15-11-20(12-16-23)4-3-19-5-7-21(8-6-19)17-30-24(29)25(26,27)28/h3-4,9-10,13-14,19-21,23H,2,5-8,11-12,15-17H2,1H3/b4-3+. The largest absolute Gasteiger partial charge is 0.490 e. The summed E-state index contributed by atoms with van der Waals surface area (Å²) in [6.07, 6.45) is 9.38. The third kappa shape index (κ3) is 6.61. The van der Waals surface area contributed by atoms with Crippen molar-refractivity contribution in [2.45, 2.75) is 76.8 Å². The van der Waals surface area contributed by atoms with Gasteiger partial charge in [-0.25, -0.2) is 4.79 Å². The quantitative estimate of drug-likeness (QED) is 0.365. The molecule has 0 unspecified atom stereocenters. The smallest absolute Gasteiger partial charge is 0.459 e. The maximum absolute atomic E-state index is 12.2. The lowest BCUT2D eigenvalue weighted by atomic mass is 9.77. The molecule has 2 fully saturated rings. The molecule has 2 aliphatic carbocycles. The molecule has 0 bridgehead atoms. The van der Waals surface area contributed by atoms with Gasteiger partial charge in [0, 0.05) is 0 Å². The molecule has 0 radical (unpaired) electrons. The Labute approximate surface area is 177 Å². The summed E-state index contributed by atoms with van der Waals surface area (Å²) in [4.78, 5) is 10.8. The van der Waals surface area contributed by atoms with Crippen LogP contribution in [0.1, 0.15) is 75.3 Å². The van der Waals surface area contributed by atoms with Crippen LogP contribution < -0.4 is 0 Å². The lowest BCUT2D eigenvalue weighted by Gasteiger charge is -2.29. The number of hydrogen-bond acceptors (Lipinski definition) is 2. The highest BCUT2D eigenvalue weighted by Gasteiger charge is 2.41. The number of benzene rings is 1. The van der Waals surface area contributed by atoms with Gasteiger partial charge in [-0.2, -0.15) is 13.2 Å². The fourth-order valence-electron chi connectivity index (χ4n) is 4.81. The first kappa shape index (κ1) is 22.9. The number of carbonyl (C=O) groups is 1. The molecule has 0 N–H and O–H groups in total. The molecule has 1 aromatic carbocycles. The van der Waals surface area contributed by atoms with Crippen molar-refractivity contribution in [2.24, 2.45) is 17.8 Å². The van der Waals surface area contributed by atoms with Crippen LogP contribution in [0, 0.1) is 17.8 Å². The van der Waals surface area contributed by atoms with Crippen LogP contribution in [-0.4, -0.2) is 18.8 Å². The van der Waals surface area contributed by atoms with Crippen molar-refractivity contribution in [1.29, 1.82) is 0 Å². The zero-order valence-electron chi connectivity index (χ0n) is 17.8. The molecular formula is C25H33F3O2. The Kier molecular flexibility index (Phi) is 8.01. The molecule has 1 aromatic rings. The van der Waals surface area contributed by atoms with Crippen LogP contribution in [-0.2, 0) is 16.0 Å². The summed E-state index contributed by atoms with van der Waals surface area (Å²) in [5.41, 5.74) is 2.86. The van der Waals surface area contributed by atoms with Crippen molar-refractivity contribution in [1.82, 2.24) is 0 Å². The molecule has 0 atom stereocenters. The highest BCUT2D eigenvalue weighted by Crippen LogP contribution is 2.37. The summed E-state index contributed by atoms with van der Waals surface area (Å²) in [5, 5.41) is 0.